The van der Waals surface area contributed by atoms with Gasteiger partial charge in [-0.25, -0.2) is 14.4 Å². The zero-order valence-electron chi connectivity index (χ0n) is 20.7. The third-order valence-corrected chi connectivity index (χ3v) is 6.40. The first kappa shape index (κ1) is 25.7. The zero-order valence-corrected chi connectivity index (χ0v) is 22.2. The molecule has 4 rings (SSSR count). The van der Waals surface area contributed by atoms with Crippen molar-refractivity contribution in [2.24, 2.45) is 0 Å². The number of nitrogen functional groups attached to an aromatic ring is 1. The van der Waals surface area contributed by atoms with E-state index >= 15 is 4.39 Å². The van der Waals surface area contributed by atoms with Gasteiger partial charge in [-0.05, 0) is 26.0 Å². The molecule has 0 unspecified atom stereocenters. The summed E-state index contributed by atoms with van der Waals surface area (Å²) in [6.07, 6.45) is 4.65. The van der Waals surface area contributed by atoms with Gasteiger partial charge in [0.2, 0.25) is 0 Å². The number of aromatic nitrogens is 4. The summed E-state index contributed by atoms with van der Waals surface area (Å²) in [5, 5.41) is 0.181. The molecule has 7 nitrogen and oxygen atoms in total. The van der Waals surface area contributed by atoms with Gasteiger partial charge >= 0.3 is 0 Å². The van der Waals surface area contributed by atoms with Crippen LogP contribution in [0.4, 0.5) is 10.2 Å². The molecule has 0 radical (unpaired) electrons. The molecule has 0 bridgehead atoms. The van der Waals surface area contributed by atoms with E-state index in [1.54, 1.807) is 41.2 Å². The van der Waals surface area contributed by atoms with Gasteiger partial charge < -0.3 is 15.4 Å². The van der Waals surface area contributed by atoms with Gasteiger partial charge in [0.1, 0.15) is 17.1 Å². The van der Waals surface area contributed by atoms with Crippen LogP contribution in [0.3, 0.4) is 0 Å². The van der Waals surface area contributed by atoms with Crippen molar-refractivity contribution in [2.75, 3.05) is 19.8 Å². The summed E-state index contributed by atoms with van der Waals surface area (Å²) in [6.45, 7) is 9.70. The molecular weight excluding hydrogens is 502 g/mol. The Morgan fingerprint density at radius 2 is 1.92 bits per heavy atom. The predicted molar refractivity (Wildman–Crippen MR) is 143 cm³/mol. The fourth-order valence-corrected chi connectivity index (χ4v) is 4.49. The molecule has 4 aromatic rings. The minimum absolute atomic E-state index is 0.0436. The lowest BCUT2D eigenvalue weighted by molar-refractivity contribution is 0.239. The molecule has 0 amide bonds. The fraction of sp³-hybridized carbons (Fsp3) is 0.269. The lowest BCUT2D eigenvalue weighted by atomic mass is 9.93. The number of nitrogens with zero attached hydrogens (tertiary/aromatic N) is 5. The maximum Gasteiger partial charge on any atom is 0.158 e. The van der Waals surface area contributed by atoms with Gasteiger partial charge in [-0.2, -0.15) is 0 Å². The Morgan fingerprint density at radius 1 is 1.19 bits per heavy atom. The Balaban J connectivity index is 1.93. The van der Waals surface area contributed by atoms with E-state index in [2.05, 4.69) is 21.5 Å². The molecule has 0 saturated carbocycles. The SMILES string of the molecule is C=C(c1ccc(-c2c(F)c(Cl)cc([C@@H](C)c3nc(Cl)c4c(N)nccn34)c2OC(C)C)cn1)N(C)C. The van der Waals surface area contributed by atoms with Gasteiger partial charge in [0.05, 0.1) is 28.1 Å². The summed E-state index contributed by atoms with van der Waals surface area (Å²) in [5.41, 5.74) is 9.33. The predicted octanol–water partition coefficient (Wildman–Crippen LogP) is 6.29. The highest BCUT2D eigenvalue weighted by Crippen LogP contribution is 2.44. The van der Waals surface area contributed by atoms with E-state index in [1.165, 1.54) is 0 Å². The quantitative estimate of drug-likeness (QED) is 0.303. The highest BCUT2D eigenvalue weighted by Gasteiger charge is 2.28. The fourth-order valence-electron chi connectivity index (χ4n) is 4.00. The number of nitrogens with two attached hydrogens (primary N) is 1. The van der Waals surface area contributed by atoms with Crippen molar-refractivity contribution in [2.45, 2.75) is 32.8 Å². The minimum Gasteiger partial charge on any atom is -0.490 e. The molecular formula is C26H27Cl2FN6O. The molecule has 188 valence electrons. The second kappa shape index (κ2) is 9.95. The second-order valence-electron chi connectivity index (χ2n) is 8.92. The molecule has 0 fully saturated rings. The summed E-state index contributed by atoms with van der Waals surface area (Å²) in [7, 11) is 3.76. The van der Waals surface area contributed by atoms with E-state index in [0.29, 0.717) is 33.9 Å². The second-order valence-corrected chi connectivity index (χ2v) is 9.68. The van der Waals surface area contributed by atoms with Crippen LogP contribution < -0.4 is 10.5 Å². The summed E-state index contributed by atoms with van der Waals surface area (Å²) in [6, 6.07) is 5.14. The molecule has 1 aromatic carbocycles. The Hall–Kier alpha value is -3.36. The van der Waals surface area contributed by atoms with Crippen LogP contribution in [0.25, 0.3) is 22.3 Å². The van der Waals surface area contributed by atoms with Crippen LogP contribution in [0.1, 0.15) is 43.8 Å². The molecule has 0 aliphatic heterocycles. The smallest absolute Gasteiger partial charge is 0.158 e. The maximum absolute atomic E-state index is 15.6. The first-order valence-electron chi connectivity index (χ1n) is 11.3. The molecule has 0 aliphatic rings. The number of hydrogen-bond acceptors (Lipinski definition) is 6. The third kappa shape index (κ3) is 4.58. The summed E-state index contributed by atoms with van der Waals surface area (Å²) in [5.74, 6) is 0.217. The summed E-state index contributed by atoms with van der Waals surface area (Å²) >= 11 is 12.8. The van der Waals surface area contributed by atoms with E-state index in [4.69, 9.17) is 33.7 Å². The average molecular weight is 529 g/mol. The number of ether oxygens (including phenoxy) is 1. The standard InChI is InChI=1S/C26H27Cl2FN6O/c1-13(2)36-23-17(14(3)26-33-24(28)22-25(30)31-9-10-35(22)26)11-18(27)21(29)20(23)16-7-8-19(32-12-16)15(4)34(5)6/h7-14H,4H2,1-3,5-6H3,(H2,30,31)/t14-/m1/s1. The van der Waals surface area contributed by atoms with Crippen molar-refractivity contribution in [3.63, 3.8) is 0 Å². The van der Waals surface area contributed by atoms with Crippen LogP contribution >= 0.6 is 23.2 Å². The van der Waals surface area contributed by atoms with E-state index in [1.807, 2.05) is 39.8 Å². The number of anilines is 1. The molecule has 1 atom stereocenters. The maximum atomic E-state index is 15.6. The molecule has 2 N–H and O–H groups in total. The number of hydrogen-bond donors (Lipinski definition) is 1. The van der Waals surface area contributed by atoms with E-state index < -0.39 is 11.7 Å². The molecule has 3 aromatic heterocycles. The van der Waals surface area contributed by atoms with Crippen molar-refractivity contribution in [3.8, 4) is 16.9 Å². The van der Waals surface area contributed by atoms with Crippen LogP contribution in [0, 0.1) is 5.82 Å². The van der Waals surface area contributed by atoms with Crippen molar-refractivity contribution >= 4 is 40.2 Å². The number of benzene rings is 1. The van der Waals surface area contributed by atoms with Gasteiger partial charge in [-0.1, -0.05) is 42.8 Å². The van der Waals surface area contributed by atoms with Crippen LogP contribution in [0.15, 0.2) is 43.4 Å². The molecule has 36 heavy (non-hydrogen) atoms. The largest absolute Gasteiger partial charge is 0.490 e. The van der Waals surface area contributed by atoms with E-state index in [0.717, 1.165) is 5.70 Å². The summed E-state index contributed by atoms with van der Waals surface area (Å²) in [4.78, 5) is 15.0. The Morgan fingerprint density at radius 3 is 2.53 bits per heavy atom. The molecule has 10 heteroatoms. The van der Waals surface area contributed by atoms with Crippen molar-refractivity contribution < 1.29 is 9.13 Å². The molecule has 0 aliphatic carbocycles. The number of rotatable bonds is 7. The van der Waals surface area contributed by atoms with Gasteiger partial charge in [0, 0.05) is 49.7 Å². The Labute approximate surface area is 219 Å². The lowest BCUT2D eigenvalue weighted by Crippen LogP contribution is -2.13. The number of imidazole rings is 1. The highest BCUT2D eigenvalue weighted by molar-refractivity contribution is 6.33. The number of halogens is 3. The average Bonchev–Trinajstić information content (AvgIpc) is 3.18. The lowest BCUT2D eigenvalue weighted by Gasteiger charge is -2.23. The summed E-state index contributed by atoms with van der Waals surface area (Å²) < 4.78 is 23.6. The molecule has 3 heterocycles. The minimum atomic E-state index is -0.594. The topological polar surface area (TPSA) is 81.6 Å². The Bertz CT molecular complexity index is 1450. The van der Waals surface area contributed by atoms with Crippen LogP contribution in [0.2, 0.25) is 10.2 Å². The monoisotopic (exact) mass is 528 g/mol. The van der Waals surface area contributed by atoms with E-state index in [-0.39, 0.29) is 27.7 Å². The van der Waals surface area contributed by atoms with Crippen LogP contribution in [-0.4, -0.2) is 44.5 Å². The zero-order chi connectivity index (χ0) is 26.3. The number of fused-ring (bicyclic) bond motifs is 1. The number of pyridine rings is 1. The van der Waals surface area contributed by atoms with E-state index in [9.17, 15) is 0 Å². The van der Waals surface area contributed by atoms with Crippen LogP contribution in [0.5, 0.6) is 5.75 Å². The van der Waals surface area contributed by atoms with Crippen molar-refractivity contribution in [3.05, 3.63) is 76.4 Å². The van der Waals surface area contributed by atoms with Crippen molar-refractivity contribution in [1.29, 1.82) is 0 Å². The van der Waals surface area contributed by atoms with Crippen LogP contribution in [-0.2, 0) is 0 Å². The normalized spacial score (nSPS) is 12.2. The molecule has 0 saturated heterocycles. The Kier molecular flexibility index (Phi) is 7.11. The third-order valence-electron chi connectivity index (χ3n) is 5.86. The van der Waals surface area contributed by atoms with Gasteiger partial charge in [-0.15, -0.1) is 0 Å². The highest BCUT2D eigenvalue weighted by atomic mass is 35.5. The van der Waals surface area contributed by atoms with Gasteiger partial charge in [0.15, 0.2) is 16.8 Å². The van der Waals surface area contributed by atoms with Gasteiger partial charge in [-0.3, -0.25) is 9.38 Å². The molecule has 0 spiro atoms. The van der Waals surface area contributed by atoms with Crippen molar-refractivity contribution in [1.82, 2.24) is 24.3 Å². The first-order valence-corrected chi connectivity index (χ1v) is 12.1. The van der Waals surface area contributed by atoms with Gasteiger partial charge in [0.25, 0.3) is 0 Å². The first-order chi connectivity index (χ1) is 17.0.